The van der Waals surface area contributed by atoms with Crippen molar-refractivity contribution in [3.63, 3.8) is 0 Å². The fourth-order valence-corrected chi connectivity index (χ4v) is 5.37. The molecule has 0 aliphatic heterocycles. The molecule has 0 saturated heterocycles. The Bertz CT molecular complexity index is 929. The molecule has 2 saturated carbocycles. The molecule has 4 rings (SSSR count). The van der Waals surface area contributed by atoms with Crippen molar-refractivity contribution in [1.82, 2.24) is 9.97 Å². The SMILES string of the molecule is CCC1(c2cc(CCC3CCC3)cc(Nc3cc(Cl)ncc3C(C)=N)n2)CCCCC1. The van der Waals surface area contributed by atoms with Gasteiger partial charge in [0.15, 0.2) is 0 Å². The molecular formula is C26H35ClN4. The van der Waals surface area contributed by atoms with Gasteiger partial charge in [0, 0.05) is 28.6 Å². The van der Waals surface area contributed by atoms with Crippen molar-refractivity contribution in [2.24, 2.45) is 5.92 Å². The second-order valence-electron chi connectivity index (χ2n) is 9.58. The summed E-state index contributed by atoms with van der Waals surface area (Å²) in [6.45, 7) is 4.10. The van der Waals surface area contributed by atoms with Crippen LogP contribution in [0.5, 0.6) is 0 Å². The monoisotopic (exact) mass is 438 g/mol. The van der Waals surface area contributed by atoms with Gasteiger partial charge in [0.25, 0.3) is 0 Å². The van der Waals surface area contributed by atoms with Gasteiger partial charge in [-0.1, -0.05) is 57.0 Å². The standard InChI is InChI=1S/C26H35ClN4/c1-3-26(12-5-4-6-13-26)23-14-20(11-10-19-8-7-9-19)15-25(31-23)30-22-16-24(27)29-17-21(22)18(2)28/h14-17,19,28H,3-13H2,1-2H3,(H,29,30,31). The first kappa shape index (κ1) is 22.3. The number of halogens is 1. The highest BCUT2D eigenvalue weighted by Crippen LogP contribution is 2.42. The van der Waals surface area contributed by atoms with Gasteiger partial charge in [0.2, 0.25) is 0 Å². The van der Waals surface area contributed by atoms with Crippen molar-refractivity contribution in [1.29, 1.82) is 5.41 Å². The summed E-state index contributed by atoms with van der Waals surface area (Å²) in [5.41, 5.74) is 4.84. The summed E-state index contributed by atoms with van der Waals surface area (Å²) < 4.78 is 0. The van der Waals surface area contributed by atoms with E-state index in [-0.39, 0.29) is 5.41 Å². The zero-order valence-corrected chi connectivity index (χ0v) is 19.7. The second-order valence-corrected chi connectivity index (χ2v) is 9.97. The van der Waals surface area contributed by atoms with E-state index in [9.17, 15) is 0 Å². The maximum absolute atomic E-state index is 8.12. The Labute approximate surface area is 191 Å². The van der Waals surface area contributed by atoms with Gasteiger partial charge < -0.3 is 10.7 Å². The third-order valence-corrected chi connectivity index (χ3v) is 7.73. The largest absolute Gasteiger partial charge is 0.340 e. The van der Waals surface area contributed by atoms with Gasteiger partial charge in [-0.15, -0.1) is 0 Å². The van der Waals surface area contributed by atoms with Crippen LogP contribution >= 0.6 is 11.6 Å². The average Bonchev–Trinajstić information content (AvgIpc) is 2.73. The maximum atomic E-state index is 8.12. The van der Waals surface area contributed by atoms with Gasteiger partial charge in [0.05, 0.1) is 5.69 Å². The number of anilines is 2. The molecular weight excluding hydrogens is 404 g/mol. The van der Waals surface area contributed by atoms with Crippen LogP contribution < -0.4 is 5.32 Å². The third-order valence-electron chi connectivity index (χ3n) is 7.52. The lowest BCUT2D eigenvalue weighted by molar-refractivity contribution is 0.276. The number of nitrogens with zero attached hydrogens (tertiary/aromatic N) is 2. The lowest BCUT2D eigenvalue weighted by Gasteiger charge is -2.36. The number of aryl methyl sites for hydroxylation is 1. The van der Waals surface area contributed by atoms with E-state index in [0.29, 0.717) is 10.9 Å². The van der Waals surface area contributed by atoms with Crippen molar-refractivity contribution < 1.29 is 0 Å². The summed E-state index contributed by atoms with van der Waals surface area (Å²) in [6.07, 6.45) is 15.7. The van der Waals surface area contributed by atoms with E-state index in [2.05, 4.69) is 29.4 Å². The molecule has 2 aliphatic carbocycles. The van der Waals surface area contributed by atoms with Crippen molar-refractivity contribution in [3.05, 3.63) is 46.4 Å². The van der Waals surface area contributed by atoms with E-state index in [4.69, 9.17) is 22.0 Å². The van der Waals surface area contributed by atoms with E-state index in [1.165, 1.54) is 69.0 Å². The summed E-state index contributed by atoms with van der Waals surface area (Å²) in [5.74, 6) is 1.76. The second kappa shape index (κ2) is 9.68. The topological polar surface area (TPSA) is 61.7 Å². The van der Waals surface area contributed by atoms with E-state index in [1.807, 2.05) is 0 Å². The molecule has 31 heavy (non-hydrogen) atoms. The molecule has 2 aromatic rings. The van der Waals surface area contributed by atoms with Crippen LogP contribution in [-0.4, -0.2) is 15.7 Å². The molecule has 0 aromatic carbocycles. The summed E-state index contributed by atoms with van der Waals surface area (Å²) in [4.78, 5) is 9.31. The van der Waals surface area contributed by atoms with Gasteiger partial charge >= 0.3 is 0 Å². The molecule has 2 heterocycles. The number of aromatic nitrogens is 2. The third kappa shape index (κ3) is 5.11. The number of pyridine rings is 2. The zero-order valence-electron chi connectivity index (χ0n) is 18.9. The predicted molar refractivity (Wildman–Crippen MR) is 130 cm³/mol. The van der Waals surface area contributed by atoms with E-state index >= 15 is 0 Å². The molecule has 0 bridgehead atoms. The van der Waals surface area contributed by atoms with Gasteiger partial charge in [-0.25, -0.2) is 9.97 Å². The van der Waals surface area contributed by atoms with Gasteiger partial charge in [0.1, 0.15) is 11.0 Å². The van der Waals surface area contributed by atoms with Crippen molar-refractivity contribution in [2.45, 2.75) is 89.9 Å². The van der Waals surface area contributed by atoms with Crippen molar-refractivity contribution >= 4 is 28.8 Å². The molecule has 2 aromatic heterocycles. The average molecular weight is 439 g/mol. The minimum Gasteiger partial charge on any atom is -0.340 e. The molecule has 2 aliphatic rings. The Kier molecular flexibility index (Phi) is 6.95. The van der Waals surface area contributed by atoms with E-state index < -0.39 is 0 Å². The Morgan fingerprint density at radius 1 is 1.16 bits per heavy atom. The first-order chi connectivity index (χ1) is 15.0. The number of nitrogens with one attached hydrogen (secondary N) is 2. The quantitative estimate of drug-likeness (QED) is 0.329. The Hall–Kier alpha value is -1.94. The van der Waals surface area contributed by atoms with Crippen LogP contribution in [0.25, 0.3) is 0 Å². The number of hydrogen-bond donors (Lipinski definition) is 2. The summed E-state index contributed by atoms with van der Waals surface area (Å²) in [5, 5.41) is 12.0. The highest BCUT2D eigenvalue weighted by atomic mass is 35.5. The van der Waals surface area contributed by atoms with E-state index in [1.54, 1.807) is 19.2 Å². The molecule has 0 atom stereocenters. The molecule has 4 nitrogen and oxygen atoms in total. The normalized spacial score (nSPS) is 18.4. The number of rotatable bonds is 8. The molecule has 0 unspecified atom stereocenters. The first-order valence-electron chi connectivity index (χ1n) is 12.0. The Balaban J connectivity index is 1.69. The Morgan fingerprint density at radius 2 is 1.94 bits per heavy atom. The smallest absolute Gasteiger partial charge is 0.131 e. The van der Waals surface area contributed by atoms with Gasteiger partial charge in [-0.3, -0.25) is 0 Å². The molecule has 2 N–H and O–H groups in total. The first-order valence-corrected chi connectivity index (χ1v) is 12.4. The predicted octanol–water partition coefficient (Wildman–Crippen LogP) is 7.61. The van der Waals surface area contributed by atoms with Crippen LogP contribution in [0.2, 0.25) is 5.15 Å². The summed E-state index contributed by atoms with van der Waals surface area (Å²) in [7, 11) is 0. The summed E-state index contributed by atoms with van der Waals surface area (Å²) >= 11 is 6.18. The number of hydrogen-bond acceptors (Lipinski definition) is 4. The van der Waals surface area contributed by atoms with Crippen LogP contribution in [0.3, 0.4) is 0 Å². The van der Waals surface area contributed by atoms with Gasteiger partial charge in [-0.05, 0) is 68.7 Å². The van der Waals surface area contributed by atoms with Crippen LogP contribution in [0, 0.1) is 11.3 Å². The summed E-state index contributed by atoms with van der Waals surface area (Å²) in [6, 6.07) is 6.39. The molecule has 5 heteroatoms. The van der Waals surface area contributed by atoms with E-state index in [0.717, 1.165) is 35.8 Å². The lowest BCUT2D eigenvalue weighted by atomic mass is 9.69. The fraction of sp³-hybridized carbons (Fsp3) is 0.577. The zero-order chi connectivity index (χ0) is 21.8. The minimum absolute atomic E-state index is 0.192. The van der Waals surface area contributed by atoms with Crippen LogP contribution in [0.1, 0.15) is 94.9 Å². The molecule has 0 radical (unpaired) electrons. The minimum atomic E-state index is 0.192. The highest BCUT2D eigenvalue weighted by molar-refractivity contribution is 6.29. The van der Waals surface area contributed by atoms with Crippen molar-refractivity contribution in [2.75, 3.05) is 5.32 Å². The molecule has 2 fully saturated rings. The lowest BCUT2D eigenvalue weighted by Crippen LogP contribution is -2.29. The Morgan fingerprint density at radius 3 is 2.58 bits per heavy atom. The molecule has 166 valence electrons. The molecule has 0 spiro atoms. The highest BCUT2D eigenvalue weighted by Gasteiger charge is 2.34. The van der Waals surface area contributed by atoms with Gasteiger partial charge in [-0.2, -0.15) is 0 Å². The maximum Gasteiger partial charge on any atom is 0.131 e. The fourth-order valence-electron chi connectivity index (χ4n) is 5.21. The van der Waals surface area contributed by atoms with Crippen molar-refractivity contribution in [3.8, 4) is 0 Å². The molecule has 0 amide bonds. The van der Waals surface area contributed by atoms with Crippen LogP contribution in [0.4, 0.5) is 11.5 Å². The van der Waals surface area contributed by atoms with Crippen LogP contribution in [-0.2, 0) is 11.8 Å². The van der Waals surface area contributed by atoms with Crippen LogP contribution in [0.15, 0.2) is 24.4 Å².